The number of nitrogens with zero attached hydrogens (tertiary/aromatic N) is 3. The third kappa shape index (κ3) is 410. The number of rotatable bonds is 0. The summed E-state index contributed by atoms with van der Waals surface area (Å²) in [6.45, 7) is 0. The van der Waals surface area contributed by atoms with E-state index in [1.54, 1.807) is 0 Å². The SMILES string of the molecule is [Al+3].[Al+3].[Al+3].[Al+3].[Al+3].[Al+3].[Al+3].[N-3].[N-3].[N-3].[O-2].[O-2].[O-2].[O-2].[O-2].[O-2]. The van der Waals surface area contributed by atoms with Gasteiger partial charge in [-0.05, 0) is 0 Å². The first-order chi connectivity index (χ1) is 0. The van der Waals surface area contributed by atoms with Gasteiger partial charge in [0.15, 0.2) is 0 Å². The van der Waals surface area contributed by atoms with Crippen LogP contribution >= 0.6 is 0 Å². The number of hydrogen-bond acceptors (Lipinski definition) is 0. The van der Waals surface area contributed by atoms with Crippen molar-refractivity contribution in [3.63, 3.8) is 0 Å². The fourth-order valence-electron chi connectivity index (χ4n) is 0. The molecule has 0 bridgehead atoms. The van der Waals surface area contributed by atoms with E-state index in [2.05, 4.69) is 0 Å². The van der Waals surface area contributed by atoms with Crippen molar-refractivity contribution in [1.29, 1.82) is 0 Å². The van der Waals surface area contributed by atoms with Crippen LogP contribution in [-0.2, 0) is 32.9 Å². The van der Waals surface area contributed by atoms with Gasteiger partial charge in [-0.2, -0.15) is 0 Å². The van der Waals surface area contributed by atoms with Gasteiger partial charge >= 0.3 is 122 Å². The van der Waals surface area contributed by atoms with E-state index in [1.807, 2.05) is 0 Å². The van der Waals surface area contributed by atoms with Crippen LogP contribution in [0, 0.1) is 0 Å². The van der Waals surface area contributed by atoms with Gasteiger partial charge in [-0.25, -0.2) is 0 Å². The minimum atomic E-state index is 0. The van der Waals surface area contributed by atoms with Crippen molar-refractivity contribution in [2.75, 3.05) is 0 Å². The van der Waals surface area contributed by atoms with Gasteiger partial charge in [0.05, 0.1) is 0 Å². The Morgan fingerprint density at radius 1 is 0.188 bits per heavy atom. The Balaban J connectivity index is 0. The van der Waals surface area contributed by atoms with Crippen LogP contribution in [0.1, 0.15) is 0 Å². The molecule has 0 saturated carbocycles. The average Bonchev–Trinajstić information content (AvgIpc) is 0. The Hall–Kier alpha value is 3.37. The van der Waals surface area contributed by atoms with Crippen LogP contribution in [0.2, 0.25) is 0 Å². The summed E-state index contributed by atoms with van der Waals surface area (Å²) in [4.78, 5) is 0. The van der Waals surface area contributed by atoms with Crippen molar-refractivity contribution in [3.05, 3.63) is 18.5 Å². The van der Waals surface area contributed by atoms with Crippen LogP contribution in [0.4, 0.5) is 0 Å². The average molecular weight is 327 g/mol. The van der Waals surface area contributed by atoms with Gasteiger partial charge in [0.1, 0.15) is 0 Å². The molecule has 72 valence electrons. The molecule has 0 radical (unpaired) electrons. The van der Waals surface area contributed by atoms with Crippen molar-refractivity contribution in [3.8, 4) is 0 Å². The maximum absolute atomic E-state index is 0. The van der Waals surface area contributed by atoms with E-state index in [-0.39, 0.29) is 173 Å². The van der Waals surface area contributed by atoms with Crippen molar-refractivity contribution >= 4 is 122 Å². The quantitative estimate of drug-likeness (QED) is 0.417. The molecule has 0 aliphatic heterocycles. The minimum Gasteiger partial charge on any atom is -3.00 e. The summed E-state index contributed by atoms with van der Waals surface area (Å²) in [7, 11) is 0. The Morgan fingerprint density at radius 3 is 0.188 bits per heavy atom. The summed E-state index contributed by atoms with van der Waals surface area (Å²) in [5.74, 6) is 0. The van der Waals surface area contributed by atoms with Crippen LogP contribution in [0.15, 0.2) is 0 Å². The smallest absolute Gasteiger partial charge is 3.00 e. The van der Waals surface area contributed by atoms with Gasteiger partial charge in [0, 0.05) is 0 Å². The van der Waals surface area contributed by atoms with Crippen molar-refractivity contribution < 1.29 is 32.9 Å². The predicted molar refractivity (Wildman–Crippen MR) is 54.5 cm³/mol. The first-order valence-corrected chi connectivity index (χ1v) is 0. The topological polar surface area (TPSA) is 262 Å². The largest absolute Gasteiger partial charge is 3.00 e. The Labute approximate surface area is 171 Å². The Kier molecular flexibility index (Phi) is 17600. The van der Waals surface area contributed by atoms with E-state index < -0.39 is 0 Å². The third-order valence-corrected chi connectivity index (χ3v) is 0. The van der Waals surface area contributed by atoms with E-state index in [0.717, 1.165) is 0 Å². The summed E-state index contributed by atoms with van der Waals surface area (Å²) < 4.78 is 0. The van der Waals surface area contributed by atoms with E-state index in [4.69, 9.17) is 0 Å². The molecule has 0 aromatic carbocycles. The Bertz CT molecular complexity index is 24.1. The minimum absolute atomic E-state index is 0. The first-order valence-electron chi connectivity index (χ1n) is 0. The second kappa shape index (κ2) is 489. The van der Waals surface area contributed by atoms with Crippen LogP contribution in [0.25, 0.3) is 18.5 Å². The summed E-state index contributed by atoms with van der Waals surface area (Å²) in [6, 6.07) is 0. The molecule has 0 aromatic rings. The molecule has 16 heavy (non-hydrogen) atoms. The zero-order chi connectivity index (χ0) is 0. The molecule has 0 fully saturated rings. The molecule has 0 rings (SSSR count). The molecule has 0 saturated heterocycles. The van der Waals surface area contributed by atoms with Gasteiger partial charge in [0.25, 0.3) is 0 Å². The zero-order valence-corrected chi connectivity index (χ0v) is 15.9. The van der Waals surface area contributed by atoms with E-state index >= 15 is 0 Å². The fraction of sp³-hybridized carbons (Fsp3) is 0. The monoisotopic (exact) mass is 327 g/mol. The zero-order valence-electron chi connectivity index (χ0n) is 7.83. The molecule has 16 heteroatoms. The van der Waals surface area contributed by atoms with Crippen LogP contribution < -0.4 is 0 Å². The van der Waals surface area contributed by atoms with Crippen molar-refractivity contribution in [1.82, 2.24) is 0 Å². The molecule has 0 aromatic heterocycles. The summed E-state index contributed by atoms with van der Waals surface area (Å²) in [5.41, 5.74) is 0. The molecule has 0 N–H and O–H groups in total. The van der Waals surface area contributed by atoms with Gasteiger partial charge < -0.3 is 51.3 Å². The molecule has 0 aliphatic carbocycles. The summed E-state index contributed by atoms with van der Waals surface area (Å²) >= 11 is 0. The molecule has 0 heterocycles. The molecular weight excluding hydrogens is 327 g/mol. The summed E-state index contributed by atoms with van der Waals surface area (Å²) in [5, 5.41) is 0. The summed E-state index contributed by atoms with van der Waals surface area (Å²) in [6.07, 6.45) is 0. The van der Waals surface area contributed by atoms with Gasteiger partial charge in [-0.3, -0.25) is 0 Å². The van der Waals surface area contributed by atoms with E-state index in [9.17, 15) is 0 Å². The van der Waals surface area contributed by atoms with Gasteiger partial charge in [-0.15, -0.1) is 0 Å². The van der Waals surface area contributed by atoms with Crippen molar-refractivity contribution in [2.24, 2.45) is 0 Å². The van der Waals surface area contributed by atoms with Crippen LogP contribution in [-0.4, -0.2) is 122 Å². The fourth-order valence-corrected chi connectivity index (χ4v) is 0. The molecule has 0 amide bonds. The Morgan fingerprint density at radius 2 is 0.188 bits per heavy atom. The van der Waals surface area contributed by atoms with Crippen LogP contribution in [0.3, 0.4) is 0 Å². The first kappa shape index (κ1) is 576. The van der Waals surface area contributed by atoms with Crippen LogP contribution in [0.5, 0.6) is 0 Å². The molecule has 9 nitrogen and oxygen atoms in total. The molecule has 0 aliphatic rings. The normalized spacial score (nSPS) is 0. The van der Waals surface area contributed by atoms with Gasteiger partial charge in [-0.1, -0.05) is 0 Å². The second-order valence-electron chi connectivity index (χ2n) is 0. The third-order valence-electron chi connectivity index (χ3n) is 0. The van der Waals surface area contributed by atoms with Gasteiger partial charge in [0.2, 0.25) is 0 Å². The van der Waals surface area contributed by atoms with Crippen molar-refractivity contribution in [2.45, 2.75) is 0 Å². The van der Waals surface area contributed by atoms with E-state index in [0.29, 0.717) is 0 Å². The second-order valence-corrected chi connectivity index (χ2v) is 0. The predicted octanol–water partition coefficient (Wildman–Crippen LogP) is -2.51. The number of hydrogen-bond donors (Lipinski definition) is 0. The molecule has 0 spiro atoms. The molecule has 0 atom stereocenters. The maximum Gasteiger partial charge on any atom is 3.00 e. The molecular formula is Al7N3O6. The molecule has 0 unspecified atom stereocenters. The van der Waals surface area contributed by atoms with E-state index in [1.165, 1.54) is 0 Å². The standard InChI is InChI=1S/7Al.3N.6O/q7*+3;3*-3;6*-2. The maximum atomic E-state index is 0.